The Bertz CT molecular complexity index is 367. The van der Waals surface area contributed by atoms with E-state index in [0.29, 0.717) is 18.6 Å². The summed E-state index contributed by atoms with van der Waals surface area (Å²) in [5.41, 5.74) is 0.887. The van der Waals surface area contributed by atoms with Gasteiger partial charge in [0, 0.05) is 6.42 Å². The van der Waals surface area contributed by atoms with E-state index >= 15 is 0 Å². The van der Waals surface area contributed by atoms with Gasteiger partial charge in [0.25, 0.3) is 6.43 Å². The molecule has 0 aliphatic heterocycles. The molecular weight excluding hydrogens is 230 g/mol. The van der Waals surface area contributed by atoms with E-state index in [9.17, 15) is 13.6 Å². The van der Waals surface area contributed by atoms with E-state index in [2.05, 4.69) is 0 Å². The van der Waals surface area contributed by atoms with E-state index < -0.39 is 19.0 Å². The van der Waals surface area contributed by atoms with Crippen LogP contribution in [0.1, 0.15) is 18.4 Å². The fourth-order valence-electron chi connectivity index (χ4n) is 1.39. The first-order valence-electron chi connectivity index (χ1n) is 5.29. The summed E-state index contributed by atoms with van der Waals surface area (Å²) < 4.78 is 28.7. The number of halogens is 2. The van der Waals surface area contributed by atoms with Crippen molar-refractivity contribution in [1.29, 1.82) is 0 Å². The summed E-state index contributed by atoms with van der Waals surface area (Å²) in [7, 11) is 0. The van der Waals surface area contributed by atoms with Gasteiger partial charge in [-0.05, 0) is 30.5 Å². The first-order chi connectivity index (χ1) is 8.08. The molecule has 0 fully saturated rings. The van der Waals surface area contributed by atoms with Gasteiger partial charge >= 0.3 is 5.97 Å². The maximum atomic E-state index is 11.9. The van der Waals surface area contributed by atoms with Crippen LogP contribution < -0.4 is 4.74 Å². The Hall–Kier alpha value is -1.65. The molecule has 17 heavy (non-hydrogen) atoms. The predicted octanol–water partition coefficient (Wildman–Crippen LogP) is 2.74. The van der Waals surface area contributed by atoms with Crippen LogP contribution >= 0.6 is 0 Å². The highest BCUT2D eigenvalue weighted by molar-refractivity contribution is 5.66. The molecule has 0 unspecified atom stereocenters. The van der Waals surface area contributed by atoms with E-state index in [0.717, 1.165) is 5.56 Å². The van der Waals surface area contributed by atoms with Gasteiger partial charge in [0.2, 0.25) is 0 Å². The van der Waals surface area contributed by atoms with Crippen LogP contribution in [0, 0.1) is 0 Å². The number of hydrogen-bond acceptors (Lipinski definition) is 2. The number of ether oxygens (including phenoxy) is 1. The Labute approximate surface area is 98.0 Å². The molecule has 0 aliphatic rings. The van der Waals surface area contributed by atoms with E-state index in [4.69, 9.17) is 9.84 Å². The van der Waals surface area contributed by atoms with Crippen molar-refractivity contribution >= 4 is 5.97 Å². The third kappa shape index (κ3) is 5.85. The lowest BCUT2D eigenvalue weighted by Crippen LogP contribution is -2.07. The Morgan fingerprint density at radius 3 is 2.82 bits per heavy atom. The summed E-state index contributed by atoms with van der Waals surface area (Å²) in [6.07, 6.45) is -1.28. The standard InChI is InChI=1S/C12H14F2O3/c13-11(14)8-17-10-5-1-3-9(7-10)4-2-6-12(15)16/h1,3,5,7,11H,2,4,6,8H2,(H,15,16). The van der Waals surface area contributed by atoms with Gasteiger partial charge in [0.05, 0.1) is 0 Å². The Morgan fingerprint density at radius 2 is 2.18 bits per heavy atom. The number of rotatable bonds is 7. The smallest absolute Gasteiger partial charge is 0.303 e. The maximum absolute atomic E-state index is 11.9. The molecule has 1 N–H and O–H groups in total. The molecule has 0 saturated heterocycles. The molecule has 1 rings (SSSR count). The number of aryl methyl sites for hydroxylation is 1. The zero-order valence-electron chi connectivity index (χ0n) is 9.23. The average Bonchev–Trinajstić information content (AvgIpc) is 2.26. The van der Waals surface area contributed by atoms with Crippen molar-refractivity contribution in [3.8, 4) is 5.75 Å². The molecule has 0 heterocycles. The molecule has 0 spiro atoms. The van der Waals surface area contributed by atoms with Crippen LogP contribution in [-0.2, 0) is 11.2 Å². The van der Waals surface area contributed by atoms with Gasteiger partial charge in [-0.2, -0.15) is 0 Å². The summed E-state index contributed by atoms with van der Waals surface area (Å²) in [5, 5.41) is 8.48. The lowest BCUT2D eigenvalue weighted by atomic mass is 10.1. The maximum Gasteiger partial charge on any atom is 0.303 e. The van der Waals surface area contributed by atoms with Gasteiger partial charge in [-0.15, -0.1) is 0 Å². The average molecular weight is 244 g/mol. The zero-order chi connectivity index (χ0) is 12.7. The number of hydrogen-bond donors (Lipinski definition) is 1. The predicted molar refractivity (Wildman–Crippen MR) is 58.5 cm³/mol. The Balaban J connectivity index is 2.45. The van der Waals surface area contributed by atoms with Gasteiger partial charge in [0.15, 0.2) is 0 Å². The van der Waals surface area contributed by atoms with Crippen LogP contribution in [-0.4, -0.2) is 24.1 Å². The second-order valence-electron chi connectivity index (χ2n) is 3.60. The molecule has 0 radical (unpaired) electrons. The van der Waals surface area contributed by atoms with Crippen LogP contribution in [0.2, 0.25) is 0 Å². The molecular formula is C12H14F2O3. The van der Waals surface area contributed by atoms with Crippen molar-refractivity contribution < 1.29 is 23.4 Å². The minimum Gasteiger partial charge on any atom is -0.488 e. The fraction of sp³-hybridized carbons (Fsp3) is 0.417. The third-order valence-corrected chi connectivity index (χ3v) is 2.13. The Morgan fingerprint density at radius 1 is 1.41 bits per heavy atom. The molecule has 1 aromatic rings. The van der Waals surface area contributed by atoms with Gasteiger partial charge in [-0.1, -0.05) is 12.1 Å². The molecule has 1 aromatic carbocycles. The van der Waals surface area contributed by atoms with Gasteiger partial charge in [-0.25, -0.2) is 8.78 Å². The first-order valence-corrected chi connectivity index (χ1v) is 5.29. The van der Waals surface area contributed by atoms with Crippen molar-refractivity contribution in [2.45, 2.75) is 25.7 Å². The second kappa shape index (κ2) is 6.83. The van der Waals surface area contributed by atoms with Crippen molar-refractivity contribution in [1.82, 2.24) is 0 Å². The number of carboxylic acids is 1. The topological polar surface area (TPSA) is 46.5 Å². The van der Waals surface area contributed by atoms with Crippen molar-refractivity contribution in [2.24, 2.45) is 0 Å². The molecule has 94 valence electrons. The highest BCUT2D eigenvalue weighted by Crippen LogP contribution is 2.15. The molecule has 0 bridgehead atoms. The SMILES string of the molecule is O=C(O)CCCc1cccc(OCC(F)F)c1. The van der Waals surface area contributed by atoms with E-state index in [1.807, 2.05) is 6.07 Å². The third-order valence-electron chi connectivity index (χ3n) is 2.13. The minimum atomic E-state index is -2.49. The number of carboxylic acid groups (broad SMARTS) is 1. The number of aliphatic carboxylic acids is 1. The largest absolute Gasteiger partial charge is 0.488 e. The lowest BCUT2D eigenvalue weighted by molar-refractivity contribution is -0.137. The molecule has 0 amide bonds. The minimum absolute atomic E-state index is 0.0993. The van der Waals surface area contributed by atoms with Crippen molar-refractivity contribution in [3.05, 3.63) is 29.8 Å². The quantitative estimate of drug-likeness (QED) is 0.802. The zero-order valence-corrected chi connectivity index (χ0v) is 9.23. The fourth-order valence-corrected chi connectivity index (χ4v) is 1.39. The van der Waals surface area contributed by atoms with Crippen LogP contribution in [0.25, 0.3) is 0 Å². The summed E-state index contributed by atoms with van der Waals surface area (Å²) in [5.74, 6) is -0.451. The van der Waals surface area contributed by atoms with Crippen LogP contribution in [0.15, 0.2) is 24.3 Å². The highest BCUT2D eigenvalue weighted by atomic mass is 19.3. The van der Waals surface area contributed by atoms with Gasteiger partial charge in [-0.3, -0.25) is 4.79 Å². The molecule has 0 aromatic heterocycles. The molecule has 5 heteroatoms. The molecule has 3 nitrogen and oxygen atoms in total. The molecule has 0 saturated carbocycles. The van der Waals surface area contributed by atoms with Gasteiger partial charge in [0.1, 0.15) is 12.4 Å². The lowest BCUT2D eigenvalue weighted by Gasteiger charge is -2.07. The second-order valence-corrected chi connectivity index (χ2v) is 3.60. The summed E-state index contributed by atoms with van der Waals surface area (Å²) in [4.78, 5) is 10.3. The number of alkyl halides is 2. The van der Waals surface area contributed by atoms with E-state index in [1.165, 1.54) is 0 Å². The van der Waals surface area contributed by atoms with Crippen LogP contribution in [0.4, 0.5) is 8.78 Å². The first kappa shape index (κ1) is 13.4. The van der Waals surface area contributed by atoms with E-state index in [-0.39, 0.29) is 6.42 Å². The number of benzene rings is 1. The normalized spacial score (nSPS) is 10.5. The van der Waals surface area contributed by atoms with Crippen molar-refractivity contribution in [2.75, 3.05) is 6.61 Å². The summed E-state index contributed by atoms with van der Waals surface area (Å²) >= 11 is 0. The van der Waals surface area contributed by atoms with Crippen LogP contribution in [0.3, 0.4) is 0 Å². The summed E-state index contributed by atoms with van der Waals surface area (Å²) in [6, 6.07) is 6.78. The molecule has 0 atom stereocenters. The van der Waals surface area contributed by atoms with Crippen molar-refractivity contribution in [3.63, 3.8) is 0 Å². The Kier molecular flexibility index (Phi) is 5.39. The van der Waals surface area contributed by atoms with Gasteiger partial charge < -0.3 is 9.84 Å². The monoisotopic (exact) mass is 244 g/mol. The number of carbonyl (C=O) groups is 1. The summed E-state index contributed by atoms with van der Waals surface area (Å²) in [6.45, 7) is -0.626. The van der Waals surface area contributed by atoms with Crippen LogP contribution in [0.5, 0.6) is 5.75 Å². The highest BCUT2D eigenvalue weighted by Gasteiger charge is 2.04. The molecule has 0 aliphatic carbocycles. The van der Waals surface area contributed by atoms with E-state index in [1.54, 1.807) is 18.2 Å².